The van der Waals surface area contributed by atoms with E-state index in [0.29, 0.717) is 5.69 Å². The third-order valence-corrected chi connectivity index (χ3v) is 4.07. The molecule has 0 radical (unpaired) electrons. The highest BCUT2D eigenvalue weighted by Crippen LogP contribution is 2.14. The summed E-state index contributed by atoms with van der Waals surface area (Å²) in [6, 6.07) is 16.5. The summed E-state index contributed by atoms with van der Waals surface area (Å²) in [7, 11) is -1.51. The third kappa shape index (κ3) is 4.36. The van der Waals surface area contributed by atoms with Gasteiger partial charge in [-0.15, -0.1) is 0 Å². The van der Waals surface area contributed by atoms with E-state index in [1.165, 1.54) is 0 Å². The van der Waals surface area contributed by atoms with E-state index in [9.17, 15) is 8.42 Å². The van der Waals surface area contributed by atoms with Crippen LogP contribution in [0.15, 0.2) is 54.6 Å². The van der Waals surface area contributed by atoms with Crippen LogP contribution in [0, 0.1) is 0 Å². The first-order valence-corrected chi connectivity index (χ1v) is 8.02. The molecule has 0 fully saturated rings. The van der Waals surface area contributed by atoms with E-state index in [2.05, 4.69) is 10.0 Å². The second kappa shape index (κ2) is 6.54. The molecule has 4 nitrogen and oxygen atoms in total. The second-order valence-electron chi connectivity index (χ2n) is 4.57. The fourth-order valence-electron chi connectivity index (χ4n) is 1.90. The lowest BCUT2D eigenvalue weighted by molar-refractivity contribution is 0.600. The number of sulfonamides is 1. The Morgan fingerprint density at radius 1 is 0.900 bits per heavy atom. The van der Waals surface area contributed by atoms with E-state index in [-0.39, 0.29) is 5.75 Å². The van der Waals surface area contributed by atoms with Gasteiger partial charge in [0.15, 0.2) is 0 Å². The Kier molecular flexibility index (Phi) is 4.76. The zero-order valence-corrected chi connectivity index (χ0v) is 12.2. The van der Waals surface area contributed by atoms with Crippen LogP contribution in [0.4, 0.5) is 5.69 Å². The maximum atomic E-state index is 12.1. The van der Waals surface area contributed by atoms with Crippen molar-refractivity contribution in [1.29, 1.82) is 0 Å². The molecule has 0 atom stereocenters. The van der Waals surface area contributed by atoms with Crippen molar-refractivity contribution in [3.05, 3.63) is 65.7 Å². The first-order chi connectivity index (χ1) is 9.59. The topological polar surface area (TPSA) is 58.2 Å². The Morgan fingerprint density at radius 2 is 1.55 bits per heavy atom. The van der Waals surface area contributed by atoms with Gasteiger partial charge in [0.1, 0.15) is 0 Å². The zero-order valence-electron chi connectivity index (χ0n) is 11.3. The molecule has 0 aliphatic carbocycles. The van der Waals surface area contributed by atoms with Gasteiger partial charge in [0.2, 0.25) is 10.0 Å². The average Bonchev–Trinajstić information content (AvgIpc) is 2.41. The van der Waals surface area contributed by atoms with Gasteiger partial charge in [0.05, 0.1) is 5.75 Å². The molecule has 2 N–H and O–H groups in total. The van der Waals surface area contributed by atoms with Crippen molar-refractivity contribution < 1.29 is 8.42 Å². The summed E-state index contributed by atoms with van der Waals surface area (Å²) in [6.07, 6.45) is 0. The first-order valence-electron chi connectivity index (χ1n) is 6.37. The summed E-state index contributed by atoms with van der Waals surface area (Å²) >= 11 is 0. The smallest absolute Gasteiger partial charge is 0.236 e. The van der Waals surface area contributed by atoms with Crippen molar-refractivity contribution in [1.82, 2.24) is 5.32 Å². The van der Waals surface area contributed by atoms with Crippen molar-refractivity contribution in [3.8, 4) is 0 Å². The van der Waals surface area contributed by atoms with Crippen molar-refractivity contribution in [3.63, 3.8) is 0 Å². The highest BCUT2D eigenvalue weighted by molar-refractivity contribution is 7.91. The van der Waals surface area contributed by atoms with Crippen LogP contribution >= 0.6 is 0 Å². The SMILES string of the molecule is CNCc1ccc(NS(=O)(=O)Cc2ccccc2)cc1. The Balaban J connectivity index is 2.04. The minimum absolute atomic E-state index is 0.0217. The predicted molar refractivity (Wildman–Crippen MR) is 81.9 cm³/mol. The minimum atomic E-state index is -3.38. The Hall–Kier alpha value is -1.85. The number of hydrogen-bond acceptors (Lipinski definition) is 3. The molecule has 0 amide bonds. The number of anilines is 1. The molecule has 106 valence electrons. The summed E-state index contributed by atoms with van der Waals surface area (Å²) in [5.74, 6) is -0.0217. The molecular formula is C15H18N2O2S. The summed E-state index contributed by atoms with van der Waals surface area (Å²) in [4.78, 5) is 0. The molecule has 0 aliphatic rings. The predicted octanol–water partition coefficient (Wildman–Crippen LogP) is 2.35. The van der Waals surface area contributed by atoms with Gasteiger partial charge in [-0.25, -0.2) is 8.42 Å². The molecule has 0 aromatic heterocycles. The van der Waals surface area contributed by atoms with Crippen LogP contribution < -0.4 is 10.0 Å². The van der Waals surface area contributed by atoms with Gasteiger partial charge in [0.25, 0.3) is 0 Å². The molecule has 0 saturated heterocycles. The molecule has 2 rings (SSSR count). The Morgan fingerprint density at radius 3 is 2.15 bits per heavy atom. The molecule has 0 bridgehead atoms. The van der Waals surface area contributed by atoms with Gasteiger partial charge in [-0.1, -0.05) is 42.5 Å². The number of hydrogen-bond donors (Lipinski definition) is 2. The molecule has 0 saturated carbocycles. The Bertz CT molecular complexity index is 637. The Labute approximate surface area is 119 Å². The quantitative estimate of drug-likeness (QED) is 0.858. The summed E-state index contributed by atoms with van der Waals surface area (Å²) < 4.78 is 26.7. The van der Waals surface area contributed by atoms with Gasteiger partial charge in [0, 0.05) is 12.2 Å². The average molecular weight is 290 g/mol. The molecular weight excluding hydrogens is 272 g/mol. The van der Waals surface area contributed by atoms with Gasteiger partial charge in [-0.2, -0.15) is 0 Å². The summed E-state index contributed by atoms with van der Waals surface area (Å²) in [5.41, 5.74) is 2.46. The number of benzene rings is 2. The maximum absolute atomic E-state index is 12.1. The lowest BCUT2D eigenvalue weighted by Gasteiger charge is -2.09. The van der Waals surface area contributed by atoms with E-state index in [1.54, 1.807) is 24.3 Å². The van der Waals surface area contributed by atoms with Crippen LogP contribution in [-0.2, 0) is 22.3 Å². The van der Waals surface area contributed by atoms with Gasteiger partial charge in [-0.3, -0.25) is 4.72 Å². The molecule has 0 unspecified atom stereocenters. The lowest BCUT2D eigenvalue weighted by atomic mass is 10.2. The first kappa shape index (κ1) is 14.6. The maximum Gasteiger partial charge on any atom is 0.236 e. The fourth-order valence-corrected chi connectivity index (χ4v) is 3.10. The lowest BCUT2D eigenvalue weighted by Crippen LogP contribution is -2.15. The van der Waals surface area contributed by atoms with Crippen LogP contribution in [0.3, 0.4) is 0 Å². The largest absolute Gasteiger partial charge is 0.316 e. The molecule has 0 spiro atoms. The van der Waals surface area contributed by atoms with Crippen LogP contribution in [0.5, 0.6) is 0 Å². The zero-order chi connectivity index (χ0) is 14.4. The van der Waals surface area contributed by atoms with E-state index in [4.69, 9.17) is 0 Å². The van der Waals surface area contributed by atoms with Crippen molar-refractivity contribution in [2.45, 2.75) is 12.3 Å². The van der Waals surface area contributed by atoms with Crippen LogP contribution in [-0.4, -0.2) is 15.5 Å². The van der Waals surface area contributed by atoms with Crippen LogP contribution in [0.1, 0.15) is 11.1 Å². The monoisotopic (exact) mass is 290 g/mol. The minimum Gasteiger partial charge on any atom is -0.316 e. The van der Waals surface area contributed by atoms with E-state index >= 15 is 0 Å². The van der Waals surface area contributed by atoms with E-state index in [1.807, 2.05) is 37.4 Å². The fraction of sp³-hybridized carbons (Fsp3) is 0.200. The van der Waals surface area contributed by atoms with Crippen molar-refractivity contribution >= 4 is 15.7 Å². The van der Waals surface area contributed by atoms with Crippen LogP contribution in [0.25, 0.3) is 0 Å². The van der Waals surface area contributed by atoms with Gasteiger partial charge < -0.3 is 5.32 Å². The highest BCUT2D eigenvalue weighted by atomic mass is 32.2. The highest BCUT2D eigenvalue weighted by Gasteiger charge is 2.11. The molecule has 0 heterocycles. The standard InChI is InChI=1S/C15H18N2O2S/c1-16-11-13-7-9-15(10-8-13)17-20(18,19)12-14-5-3-2-4-6-14/h2-10,16-17H,11-12H2,1H3. The summed E-state index contributed by atoms with van der Waals surface area (Å²) in [6.45, 7) is 0.761. The summed E-state index contributed by atoms with van der Waals surface area (Å²) in [5, 5.41) is 3.05. The van der Waals surface area contributed by atoms with Gasteiger partial charge in [-0.05, 0) is 30.3 Å². The molecule has 2 aromatic carbocycles. The number of rotatable bonds is 6. The molecule has 20 heavy (non-hydrogen) atoms. The van der Waals surface area contributed by atoms with Crippen molar-refractivity contribution in [2.75, 3.05) is 11.8 Å². The van der Waals surface area contributed by atoms with E-state index < -0.39 is 10.0 Å². The normalized spacial score (nSPS) is 11.2. The van der Waals surface area contributed by atoms with Crippen molar-refractivity contribution in [2.24, 2.45) is 0 Å². The van der Waals surface area contributed by atoms with E-state index in [0.717, 1.165) is 17.7 Å². The molecule has 0 aliphatic heterocycles. The van der Waals surface area contributed by atoms with Gasteiger partial charge >= 0.3 is 0 Å². The molecule has 2 aromatic rings. The third-order valence-electron chi connectivity index (χ3n) is 2.81. The van der Waals surface area contributed by atoms with Crippen LogP contribution in [0.2, 0.25) is 0 Å². The number of nitrogens with one attached hydrogen (secondary N) is 2. The molecule has 5 heteroatoms. The second-order valence-corrected chi connectivity index (χ2v) is 6.30.